The summed E-state index contributed by atoms with van der Waals surface area (Å²) in [5, 5.41) is 7.52. The Morgan fingerprint density at radius 3 is 2.17 bits per heavy atom. The smallest absolute Gasteiger partial charge is 0.0818 e. The number of nitrogens with one attached hydrogen (secondary N) is 1. The highest BCUT2D eigenvalue weighted by molar-refractivity contribution is 9.12. The van der Waals surface area contributed by atoms with Crippen LogP contribution in [-0.2, 0) is 0 Å². The molecule has 0 radical (unpaired) electrons. The van der Waals surface area contributed by atoms with Crippen LogP contribution in [0.2, 0.25) is 0 Å². The van der Waals surface area contributed by atoms with E-state index in [1.807, 2.05) is 0 Å². The van der Waals surface area contributed by atoms with Crippen LogP contribution in [0.1, 0.15) is 0 Å². The SMILES string of the molecule is N=C1C(Br)=C(N)C(N)=C(Br)C1N. The lowest BCUT2D eigenvalue weighted by Crippen LogP contribution is -2.37. The van der Waals surface area contributed by atoms with Crippen molar-refractivity contribution in [1.29, 1.82) is 5.41 Å². The van der Waals surface area contributed by atoms with Gasteiger partial charge >= 0.3 is 0 Å². The van der Waals surface area contributed by atoms with Crippen molar-refractivity contribution < 1.29 is 0 Å². The third kappa shape index (κ3) is 1.30. The summed E-state index contributed by atoms with van der Waals surface area (Å²) in [6.45, 7) is 0. The predicted octanol–water partition coefficient (Wildman–Crippen LogP) is 0.477. The number of hydrogen-bond donors (Lipinski definition) is 4. The van der Waals surface area contributed by atoms with Crippen LogP contribution in [-0.4, -0.2) is 11.8 Å². The van der Waals surface area contributed by atoms with Gasteiger partial charge in [0.05, 0.1) is 27.6 Å². The number of halogens is 2. The van der Waals surface area contributed by atoms with Gasteiger partial charge in [0.25, 0.3) is 0 Å². The zero-order valence-electron chi connectivity index (χ0n) is 6.07. The summed E-state index contributed by atoms with van der Waals surface area (Å²) in [6, 6.07) is -0.522. The Labute approximate surface area is 86.6 Å². The third-order valence-electron chi connectivity index (χ3n) is 1.60. The Kier molecular flexibility index (Phi) is 2.60. The molecule has 0 heterocycles. The number of rotatable bonds is 0. The average molecular weight is 296 g/mol. The van der Waals surface area contributed by atoms with E-state index in [0.29, 0.717) is 20.4 Å². The Hall–Kier alpha value is -0.330. The van der Waals surface area contributed by atoms with Gasteiger partial charge in [-0.3, -0.25) is 0 Å². The van der Waals surface area contributed by atoms with Crippen molar-refractivity contribution in [3.63, 3.8) is 0 Å². The summed E-state index contributed by atoms with van der Waals surface area (Å²) in [5.41, 5.74) is 17.8. The maximum atomic E-state index is 7.52. The molecule has 7 N–H and O–H groups in total. The highest BCUT2D eigenvalue weighted by atomic mass is 79.9. The van der Waals surface area contributed by atoms with Gasteiger partial charge in [0, 0.05) is 4.48 Å². The van der Waals surface area contributed by atoms with Crippen molar-refractivity contribution in [2.24, 2.45) is 17.2 Å². The quantitative estimate of drug-likeness (QED) is 0.523. The van der Waals surface area contributed by atoms with E-state index in [1.54, 1.807) is 0 Å². The first-order chi connectivity index (χ1) is 5.46. The van der Waals surface area contributed by atoms with Crippen molar-refractivity contribution in [3.05, 3.63) is 20.4 Å². The molecule has 1 aliphatic rings. The van der Waals surface area contributed by atoms with Gasteiger partial charge in [-0.2, -0.15) is 0 Å². The average Bonchev–Trinajstić information content (AvgIpc) is 2.08. The van der Waals surface area contributed by atoms with Gasteiger partial charge in [0.1, 0.15) is 0 Å². The van der Waals surface area contributed by atoms with Gasteiger partial charge in [-0.15, -0.1) is 0 Å². The second-order valence-electron chi connectivity index (χ2n) is 2.38. The Balaban J connectivity index is 3.27. The van der Waals surface area contributed by atoms with Gasteiger partial charge in [-0.25, -0.2) is 0 Å². The molecule has 1 atom stereocenters. The summed E-state index contributed by atoms with van der Waals surface area (Å²) in [5.74, 6) is 0. The minimum Gasteiger partial charge on any atom is -0.396 e. The fraction of sp³-hybridized carbons (Fsp3) is 0.167. The zero-order chi connectivity index (χ0) is 9.46. The lowest BCUT2D eigenvalue weighted by molar-refractivity contribution is 1.01. The molecule has 0 aromatic carbocycles. The topological polar surface area (TPSA) is 102 Å². The van der Waals surface area contributed by atoms with Crippen LogP contribution in [0.3, 0.4) is 0 Å². The molecule has 0 fully saturated rings. The van der Waals surface area contributed by atoms with E-state index in [-0.39, 0.29) is 5.71 Å². The fourth-order valence-corrected chi connectivity index (χ4v) is 1.73. The first-order valence-electron chi connectivity index (χ1n) is 3.12. The molecule has 1 unspecified atom stereocenters. The van der Waals surface area contributed by atoms with Gasteiger partial charge in [0.15, 0.2) is 0 Å². The first kappa shape index (κ1) is 9.76. The van der Waals surface area contributed by atoms with Crippen LogP contribution in [0, 0.1) is 5.41 Å². The van der Waals surface area contributed by atoms with E-state index in [1.165, 1.54) is 0 Å². The lowest BCUT2D eigenvalue weighted by Gasteiger charge is -2.21. The first-order valence-corrected chi connectivity index (χ1v) is 4.70. The van der Waals surface area contributed by atoms with Gasteiger partial charge in [-0.1, -0.05) is 15.9 Å². The maximum Gasteiger partial charge on any atom is 0.0818 e. The van der Waals surface area contributed by atoms with E-state index < -0.39 is 6.04 Å². The largest absolute Gasteiger partial charge is 0.396 e. The van der Waals surface area contributed by atoms with Crippen molar-refractivity contribution in [2.75, 3.05) is 0 Å². The molecule has 0 aromatic heterocycles. The number of hydrogen-bond acceptors (Lipinski definition) is 4. The molecule has 0 bridgehead atoms. The van der Waals surface area contributed by atoms with E-state index in [0.717, 1.165) is 0 Å². The summed E-state index contributed by atoms with van der Waals surface area (Å²) in [6.07, 6.45) is 0. The molecule has 4 nitrogen and oxygen atoms in total. The molecule has 12 heavy (non-hydrogen) atoms. The van der Waals surface area contributed by atoms with E-state index >= 15 is 0 Å². The second kappa shape index (κ2) is 3.20. The molecule has 0 aliphatic heterocycles. The summed E-state index contributed by atoms with van der Waals surface area (Å²) in [4.78, 5) is 0. The molecule has 66 valence electrons. The summed E-state index contributed by atoms with van der Waals surface area (Å²) < 4.78 is 1.03. The Morgan fingerprint density at radius 1 is 1.17 bits per heavy atom. The molecule has 0 amide bonds. The van der Waals surface area contributed by atoms with E-state index in [9.17, 15) is 0 Å². The van der Waals surface area contributed by atoms with Crippen molar-refractivity contribution in [3.8, 4) is 0 Å². The molecular weight excluding hydrogens is 288 g/mol. The highest BCUT2D eigenvalue weighted by Crippen LogP contribution is 2.28. The van der Waals surface area contributed by atoms with Crippen molar-refractivity contribution in [1.82, 2.24) is 0 Å². The normalized spacial score (nSPS) is 25.2. The predicted molar refractivity (Wildman–Crippen MR) is 56.0 cm³/mol. The molecule has 0 saturated heterocycles. The molecule has 1 aliphatic carbocycles. The van der Waals surface area contributed by atoms with Crippen LogP contribution in [0.15, 0.2) is 20.4 Å². The van der Waals surface area contributed by atoms with Crippen LogP contribution < -0.4 is 17.2 Å². The minimum absolute atomic E-state index is 0.230. The van der Waals surface area contributed by atoms with Gasteiger partial charge in [-0.05, 0) is 15.9 Å². The van der Waals surface area contributed by atoms with Crippen LogP contribution >= 0.6 is 31.9 Å². The van der Waals surface area contributed by atoms with Gasteiger partial charge in [0.2, 0.25) is 0 Å². The third-order valence-corrected chi connectivity index (χ3v) is 3.38. The molecule has 0 saturated carbocycles. The lowest BCUT2D eigenvalue weighted by atomic mass is 10.0. The maximum absolute atomic E-state index is 7.52. The molecule has 1 rings (SSSR count). The Bertz CT molecular complexity index is 305. The monoisotopic (exact) mass is 294 g/mol. The molecular formula is C6H8Br2N4. The van der Waals surface area contributed by atoms with Crippen LogP contribution in [0.4, 0.5) is 0 Å². The zero-order valence-corrected chi connectivity index (χ0v) is 9.24. The van der Waals surface area contributed by atoms with Crippen LogP contribution in [0.5, 0.6) is 0 Å². The molecule has 0 spiro atoms. The highest BCUT2D eigenvalue weighted by Gasteiger charge is 2.26. The Morgan fingerprint density at radius 2 is 1.67 bits per heavy atom. The van der Waals surface area contributed by atoms with E-state index in [2.05, 4.69) is 31.9 Å². The van der Waals surface area contributed by atoms with Gasteiger partial charge < -0.3 is 22.6 Å². The molecule has 6 heteroatoms. The number of nitrogens with two attached hydrogens (primary N) is 3. The van der Waals surface area contributed by atoms with Crippen molar-refractivity contribution >= 4 is 37.6 Å². The summed E-state index contributed by atoms with van der Waals surface area (Å²) >= 11 is 6.32. The van der Waals surface area contributed by atoms with Crippen molar-refractivity contribution in [2.45, 2.75) is 6.04 Å². The molecule has 0 aromatic rings. The standard InChI is InChI=1S/C6H8Br2N4/c7-1-3(9)5(11)2(8)6(12)4(1)10/h3,11H,9-10,12H2. The second-order valence-corrected chi connectivity index (χ2v) is 4.03. The van der Waals surface area contributed by atoms with E-state index in [4.69, 9.17) is 22.6 Å². The fourth-order valence-electron chi connectivity index (χ4n) is 0.823. The minimum atomic E-state index is -0.522. The summed E-state index contributed by atoms with van der Waals surface area (Å²) in [7, 11) is 0. The van der Waals surface area contributed by atoms with Crippen LogP contribution in [0.25, 0.3) is 0 Å².